The lowest BCUT2D eigenvalue weighted by atomic mass is 9.99. The van der Waals surface area contributed by atoms with E-state index < -0.39 is 36.8 Å². The number of carbonyl (C=O) groups excluding carboxylic acids is 1. The van der Waals surface area contributed by atoms with E-state index in [1.54, 1.807) is 30.3 Å². The third kappa shape index (κ3) is 3.18. The highest BCUT2D eigenvalue weighted by atomic mass is 19.4. The highest BCUT2D eigenvalue weighted by Gasteiger charge is 2.76. The van der Waals surface area contributed by atoms with Crippen molar-refractivity contribution in [3.8, 4) is 28.3 Å². The molecule has 2 unspecified atom stereocenters. The fraction of sp³-hybridized carbons (Fsp3) is 0.261. The van der Waals surface area contributed by atoms with Gasteiger partial charge in [-0.1, -0.05) is 30.3 Å². The molecule has 1 amide bonds. The van der Waals surface area contributed by atoms with Crippen molar-refractivity contribution in [2.24, 2.45) is 18.1 Å². The Kier molecular flexibility index (Phi) is 4.06. The number of alkyl halides is 3. The molecule has 1 fully saturated rings. The van der Waals surface area contributed by atoms with Crippen LogP contribution in [0.15, 0.2) is 48.9 Å². The Hall–Kier alpha value is -4.02. The van der Waals surface area contributed by atoms with Crippen molar-refractivity contribution in [3.05, 3.63) is 54.6 Å². The number of rotatable bonds is 5. The SMILES string of the molecule is [2H]C([2H])([2H])n1cc(-c2ncnc3cc(OC)c(C4CC4(C(N)=O)C(F)(F)F)nc23)c(-c2ccccc2)n1. The summed E-state index contributed by atoms with van der Waals surface area (Å²) in [5, 5.41) is 4.25. The van der Waals surface area contributed by atoms with Crippen LogP contribution in [-0.2, 0) is 11.8 Å². The molecule has 0 aliphatic heterocycles. The van der Waals surface area contributed by atoms with Crippen LogP contribution in [0.5, 0.6) is 5.75 Å². The number of aryl methyl sites for hydroxylation is 1. The average Bonchev–Trinajstić information content (AvgIpc) is 3.47. The lowest BCUT2D eigenvalue weighted by Crippen LogP contribution is -2.39. The summed E-state index contributed by atoms with van der Waals surface area (Å²) in [7, 11) is 1.27. The zero-order chi connectivity index (χ0) is 26.8. The molecule has 0 saturated heterocycles. The van der Waals surface area contributed by atoms with Gasteiger partial charge in [-0.05, 0) is 6.42 Å². The van der Waals surface area contributed by atoms with E-state index in [0.717, 1.165) is 4.68 Å². The average molecular weight is 471 g/mol. The molecular formula is C23H19F3N6O2. The van der Waals surface area contributed by atoms with E-state index in [1.807, 2.05) is 0 Å². The van der Waals surface area contributed by atoms with Crippen molar-refractivity contribution < 1.29 is 26.8 Å². The van der Waals surface area contributed by atoms with E-state index in [-0.39, 0.29) is 39.4 Å². The lowest BCUT2D eigenvalue weighted by Gasteiger charge is -2.18. The van der Waals surface area contributed by atoms with E-state index in [2.05, 4.69) is 20.1 Å². The third-order valence-electron chi connectivity index (χ3n) is 6.08. The molecular weight excluding hydrogens is 449 g/mol. The van der Waals surface area contributed by atoms with E-state index in [0.29, 0.717) is 5.56 Å². The number of aromatic nitrogens is 5. The van der Waals surface area contributed by atoms with E-state index >= 15 is 0 Å². The molecule has 3 heterocycles. The monoisotopic (exact) mass is 471 g/mol. The molecule has 4 aromatic rings. The summed E-state index contributed by atoms with van der Waals surface area (Å²) < 4.78 is 71.1. The second kappa shape index (κ2) is 7.51. The molecule has 0 bridgehead atoms. The Labute approximate surface area is 195 Å². The van der Waals surface area contributed by atoms with Crippen LogP contribution in [-0.4, -0.2) is 43.9 Å². The Bertz CT molecular complexity index is 1520. The Balaban J connectivity index is 1.75. The number of nitrogens with zero attached hydrogens (tertiary/aromatic N) is 5. The minimum atomic E-state index is -4.89. The van der Waals surface area contributed by atoms with Crippen LogP contribution in [0.25, 0.3) is 33.5 Å². The van der Waals surface area contributed by atoms with Gasteiger partial charge in [0.2, 0.25) is 5.91 Å². The molecule has 1 saturated carbocycles. The van der Waals surface area contributed by atoms with E-state index in [9.17, 15) is 18.0 Å². The van der Waals surface area contributed by atoms with E-state index in [1.165, 1.54) is 25.7 Å². The van der Waals surface area contributed by atoms with Gasteiger partial charge in [0.1, 0.15) is 29.0 Å². The van der Waals surface area contributed by atoms with Gasteiger partial charge in [0.05, 0.1) is 18.3 Å². The van der Waals surface area contributed by atoms with Crippen molar-refractivity contribution in [1.29, 1.82) is 0 Å². The molecule has 2 atom stereocenters. The molecule has 2 N–H and O–H groups in total. The fourth-order valence-corrected chi connectivity index (χ4v) is 4.27. The van der Waals surface area contributed by atoms with Crippen molar-refractivity contribution in [2.45, 2.75) is 18.5 Å². The number of carbonyl (C=O) groups is 1. The number of methoxy groups -OCH3 is 1. The van der Waals surface area contributed by atoms with Gasteiger partial charge in [-0.25, -0.2) is 15.0 Å². The third-order valence-corrected chi connectivity index (χ3v) is 6.08. The van der Waals surface area contributed by atoms with Crippen molar-refractivity contribution in [1.82, 2.24) is 24.7 Å². The molecule has 1 aliphatic carbocycles. The molecule has 1 aromatic carbocycles. The van der Waals surface area contributed by atoms with Crippen LogP contribution in [0, 0.1) is 5.41 Å². The van der Waals surface area contributed by atoms with Crippen LogP contribution < -0.4 is 10.5 Å². The van der Waals surface area contributed by atoms with Crippen LogP contribution in [0.2, 0.25) is 0 Å². The number of pyridine rings is 1. The zero-order valence-electron chi connectivity index (χ0n) is 20.7. The number of benzene rings is 1. The quantitative estimate of drug-likeness (QED) is 0.476. The molecule has 34 heavy (non-hydrogen) atoms. The summed E-state index contributed by atoms with van der Waals surface area (Å²) >= 11 is 0. The number of ether oxygens (including phenoxy) is 1. The highest BCUT2D eigenvalue weighted by molar-refractivity contribution is 5.94. The molecule has 5 rings (SSSR count). The van der Waals surface area contributed by atoms with E-state index in [4.69, 9.17) is 14.6 Å². The summed E-state index contributed by atoms with van der Waals surface area (Å²) in [6.07, 6.45) is -2.96. The minimum absolute atomic E-state index is 0.0102. The Morgan fingerprint density at radius 2 is 2.03 bits per heavy atom. The predicted molar refractivity (Wildman–Crippen MR) is 117 cm³/mol. The summed E-state index contributed by atoms with van der Waals surface area (Å²) in [4.78, 5) is 24.8. The van der Waals surface area contributed by atoms with Crippen molar-refractivity contribution >= 4 is 16.9 Å². The van der Waals surface area contributed by atoms with Gasteiger partial charge in [-0.15, -0.1) is 0 Å². The summed E-state index contributed by atoms with van der Waals surface area (Å²) in [5.74, 6) is -2.85. The maximum absolute atomic E-state index is 13.9. The van der Waals surface area contributed by atoms with Gasteiger partial charge >= 0.3 is 6.18 Å². The number of hydrogen-bond donors (Lipinski definition) is 1. The van der Waals surface area contributed by atoms with Gasteiger partial charge in [0.15, 0.2) is 5.41 Å². The maximum atomic E-state index is 13.9. The topological polar surface area (TPSA) is 109 Å². The smallest absolute Gasteiger partial charge is 0.403 e. The molecule has 8 nitrogen and oxygen atoms in total. The van der Waals surface area contributed by atoms with Gasteiger partial charge in [-0.3, -0.25) is 9.48 Å². The number of hydrogen-bond acceptors (Lipinski definition) is 6. The van der Waals surface area contributed by atoms with Crippen LogP contribution >= 0.6 is 0 Å². The molecule has 1 aliphatic rings. The molecule has 11 heteroatoms. The number of halogens is 3. The minimum Gasteiger partial charge on any atom is -0.495 e. The van der Waals surface area contributed by atoms with Crippen LogP contribution in [0.3, 0.4) is 0 Å². The number of primary amides is 1. The first-order valence-electron chi connectivity index (χ1n) is 11.6. The predicted octanol–water partition coefficient (Wildman–Crippen LogP) is 3.62. The second-order valence-corrected chi connectivity index (χ2v) is 7.96. The lowest BCUT2D eigenvalue weighted by molar-refractivity contribution is -0.192. The van der Waals surface area contributed by atoms with Crippen molar-refractivity contribution in [3.63, 3.8) is 0 Å². The van der Waals surface area contributed by atoms with Gasteiger partial charge in [-0.2, -0.15) is 18.3 Å². The maximum Gasteiger partial charge on any atom is 0.403 e. The summed E-state index contributed by atoms with van der Waals surface area (Å²) in [6, 6.07) is 10.2. The number of nitrogens with two attached hydrogens (primary N) is 1. The van der Waals surface area contributed by atoms with Crippen LogP contribution in [0.4, 0.5) is 13.2 Å². The number of fused-ring (bicyclic) bond motifs is 1. The largest absolute Gasteiger partial charge is 0.495 e. The first-order chi connectivity index (χ1) is 17.4. The first kappa shape index (κ1) is 18.4. The van der Waals surface area contributed by atoms with Gasteiger partial charge in [0, 0.05) is 40.4 Å². The second-order valence-electron chi connectivity index (χ2n) is 7.96. The normalized spacial score (nSPS) is 21.5. The zero-order valence-corrected chi connectivity index (χ0v) is 17.7. The Morgan fingerprint density at radius 1 is 1.26 bits per heavy atom. The van der Waals surface area contributed by atoms with Gasteiger partial charge < -0.3 is 10.5 Å². The summed E-state index contributed by atoms with van der Waals surface area (Å²) in [6.45, 7) is -2.60. The highest BCUT2D eigenvalue weighted by Crippen LogP contribution is 2.68. The van der Waals surface area contributed by atoms with Crippen LogP contribution in [0.1, 0.15) is 22.1 Å². The summed E-state index contributed by atoms with van der Waals surface area (Å²) in [5.41, 5.74) is 3.94. The Morgan fingerprint density at radius 3 is 2.65 bits per heavy atom. The number of amides is 1. The first-order valence-corrected chi connectivity index (χ1v) is 10.1. The molecule has 0 radical (unpaired) electrons. The molecule has 0 spiro atoms. The fourth-order valence-electron chi connectivity index (χ4n) is 4.27. The molecule has 3 aromatic heterocycles. The van der Waals surface area contributed by atoms with Gasteiger partial charge in [0.25, 0.3) is 0 Å². The standard InChI is InChI=1S/C23H19F3N6O2/c1-32-10-13(17(31-32)12-6-4-3-5-7-12)18-20-15(28-11-29-18)8-16(34-2)19(30-20)14-9-22(14,21(27)33)23(24,25)26/h3-8,10-11,14H,9H2,1-2H3,(H2,27,33)/i1D3. The molecule has 174 valence electrons. The van der Waals surface area contributed by atoms with Crippen molar-refractivity contribution in [2.75, 3.05) is 7.11 Å².